The van der Waals surface area contributed by atoms with Crippen molar-refractivity contribution in [3.63, 3.8) is 0 Å². The fourth-order valence-electron chi connectivity index (χ4n) is 1.52. The van der Waals surface area contributed by atoms with E-state index in [1.807, 2.05) is 0 Å². The van der Waals surface area contributed by atoms with Crippen molar-refractivity contribution in [3.05, 3.63) is 18.2 Å². The van der Waals surface area contributed by atoms with Crippen molar-refractivity contribution in [1.29, 1.82) is 0 Å². The second-order valence-corrected chi connectivity index (χ2v) is 5.96. The Labute approximate surface area is 175 Å². The molecular formula is C16H27N5O10. The maximum atomic E-state index is 10.3. The third-order valence-corrected chi connectivity index (χ3v) is 3.27. The first kappa shape index (κ1) is 29.6. The van der Waals surface area contributed by atoms with Gasteiger partial charge in [0.1, 0.15) is 18.1 Å². The van der Waals surface area contributed by atoms with E-state index in [9.17, 15) is 24.0 Å². The summed E-state index contributed by atoms with van der Waals surface area (Å²) in [6.45, 7) is 0. The Hall–Kier alpha value is -3.56. The first-order chi connectivity index (χ1) is 14.3. The zero-order valence-corrected chi connectivity index (χ0v) is 16.4. The number of carboxylic acids is 5. The number of aromatic nitrogens is 2. The lowest BCUT2D eigenvalue weighted by molar-refractivity contribution is -0.141. The van der Waals surface area contributed by atoms with E-state index in [1.165, 1.54) is 6.33 Å². The van der Waals surface area contributed by atoms with Crippen LogP contribution in [0, 0.1) is 0 Å². The fraction of sp³-hybridized carbons (Fsp3) is 0.500. The normalized spacial score (nSPS) is 12.6. The summed E-state index contributed by atoms with van der Waals surface area (Å²) in [6, 6.07) is -2.98. The first-order valence-corrected chi connectivity index (χ1v) is 8.64. The number of nitrogens with zero attached hydrogens (tertiary/aromatic N) is 1. The van der Waals surface area contributed by atoms with Crippen LogP contribution in [-0.2, 0) is 30.4 Å². The van der Waals surface area contributed by atoms with E-state index in [1.54, 1.807) is 6.20 Å². The molecule has 1 aromatic heterocycles. The molecule has 0 aliphatic heterocycles. The second-order valence-electron chi connectivity index (χ2n) is 5.96. The Morgan fingerprint density at radius 1 is 0.774 bits per heavy atom. The molecule has 0 radical (unpaired) electrons. The minimum Gasteiger partial charge on any atom is -0.481 e. The van der Waals surface area contributed by atoms with Crippen LogP contribution in [0.25, 0.3) is 0 Å². The largest absolute Gasteiger partial charge is 0.481 e. The summed E-state index contributed by atoms with van der Waals surface area (Å²) in [4.78, 5) is 56.6. The molecule has 0 aliphatic rings. The monoisotopic (exact) mass is 449 g/mol. The molecule has 0 aliphatic carbocycles. The van der Waals surface area contributed by atoms with Gasteiger partial charge in [-0.1, -0.05) is 0 Å². The van der Waals surface area contributed by atoms with Crippen LogP contribution in [0.2, 0.25) is 0 Å². The van der Waals surface area contributed by atoms with E-state index in [-0.39, 0.29) is 32.1 Å². The molecule has 176 valence electrons. The van der Waals surface area contributed by atoms with Crippen molar-refractivity contribution < 1.29 is 49.5 Å². The van der Waals surface area contributed by atoms with Crippen molar-refractivity contribution in [2.75, 3.05) is 0 Å². The van der Waals surface area contributed by atoms with E-state index in [4.69, 9.17) is 42.7 Å². The number of nitrogens with one attached hydrogen (secondary N) is 1. The summed E-state index contributed by atoms with van der Waals surface area (Å²) in [5.41, 5.74) is 15.9. The van der Waals surface area contributed by atoms with E-state index in [0.29, 0.717) is 5.69 Å². The summed E-state index contributed by atoms with van der Waals surface area (Å²) >= 11 is 0. The summed E-state index contributed by atoms with van der Waals surface area (Å²) in [5, 5.41) is 41.0. The Morgan fingerprint density at radius 2 is 1.16 bits per heavy atom. The van der Waals surface area contributed by atoms with Crippen molar-refractivity contribution in [2.45, 2.75) is 50.2 Å². The van der Waals surface area contributed by atoms with Crippen LogP contribution in [0.4, 0.5) is 0 Å². The molecule has 12 N–H and O–H groups in total. The standard InChI is InChI=1S/C6H9N3O2.2C5H9NO4/c7-5(6(10)11)1-4-2-8-3-9-4;2*6-3(5(9)10)1-2-4(7)8/h2-3,5H,1,7H2,(H,8,9)(H,10,11);2*3H,1-2,6H2,(H,7,8)(H,9,10). The Morgan fingerprint density at radius 3 is 1.42 bits per heavy atom. The molecule has 0 saturated carbocycles. The van der Waals surface area contributed by atoms with Crippen LogP contribution < -0.4 is 17.2 Å². The molecule has 0 bridgehead atoms. The highest BCUT2D eigenvalue weighted by Gasteiger charge is 2.13. The van der Waals surface area contributed by atoms with Crippen LogP contribution in [0.15, 0.2) is 12.5 Å². The molecule has 1 rings (SSSR count). The molecule has 0 amide bonds. The number of carbonyl (C=O) groups is 5. The number of hydrogen-bond donors (Lipinski definition) is 9. The first-order valence-electron chi connectivity index (χ1n) is 8.64. The lowest BCUT2D eigenvalue weighted by Gasteiger charge is -2.01. The third-order valence-electron chi connectivity index (χ3n) is 3.27. The molecule has 0 aromatic carbocycles. The Balaban J connectivity index is 0. The number of carboxylic acid groups (broad SMARTS) is 5. The molecule has 0 spiro atoms. The number of hydrogen-bond acceptors (Lipinski definition) is 9. The minimum absolute atomic E-state index is 0.0231. The van der Waals surface area contributed by atoms with E-state index >= 15 is 0 Å². The molecule has 3 unspecified atom stereocenters. The van der Waals surface area contributed by atoms with Gasteiger partial charge in [-0.2, -0.15) is 0 Å². The average molecular weight is 449 g/mol. The van der Waals surface area contributed by atoms with E-state index < -0.39 is 48.0 Å². The summed E-state index contributed by atoms with van der Waals surface area (Å²) in [6.07, 6.45) is 2.93. The van der Waals surface area contributed by atoms with Crippen molar-refractivity contribution in [3.8, 4) is 0 Å². The highest BCUT2D eigenvalue weighted by atomic mass is 16.4. The SMILES string of the molecule is NC(CCC(=O)O)C(=O)O.NC(CCC(=O)O)C(=O)O.NC(Cc1c[nH]cn1)C(=O)O. The second kappa shape index (κ2) is 16.3. The quantitative estimate of drug-likeness (QED) is 0.175. The smallest absolute Gasteiger partial charge is 0.320 e. The van der Waals surface area contributed by atoms with Gasteiger partial charge in [0.25, 0.3) is 0 Å². The molecule has 15 heteroatoms. The van der Waals surface area contributed by atoms with Gasteiger partial charge >= 0.3 is 29.8 Å². The zero-order valence-electron chi connectivity index (χ0n) is 16.4. The lowest BCUT2D eigenvalue weighted by Crippen LogP contribution is -2.32. The topological polar surface area (TPSA) is 293 Å². The number of aliphatic carboxylic acids is 5. The van der Waals surface area contributed by atoms with Gasteiger partial charge in [0, 0.05) is 25.5 Å². The van der Waals surface area contributed by atoms with Gasteiger partial charge in [-0.05, 0) is 12.8 Å². The van der Waals surface area contributed by atoms with E-state index in [2.05, 4.69) is 9.97 Å². The molecule has 0 fully saturated rings. The maximum Gasteiger partial charge on any atom is 0.320 e. The maximum absolute atomic E-state index is 10.3. The van der Waals surface area contributed by atoms with Crippen molar-refractivity contribution in [2.24, 2.45) is 17.2 Å². The van der Waals surface area contributed by atoms with Crippen LogP contribution in [0.5, 0.6) is 0 Å². The van der Waals surface area contributed by atoms with Gasteiger partial charge in [0.2, 0.25) is 0 Å². The van der Waals surface area contributed by atoms with Crippen molar-refractivity contribution in [1.82, 2.24) is 9.97 Å². The van der Waals surface area contributed by atoms with Gasteiger partial charge < -0.3 is 47.7 Å². The number of rotatable bonds is 11. The number of imidazole rings is 1. The molecular weight excluding hydrogens is 422 g/mol. The number of aromatic amines is 1. The van der Waals surface area contributed by atoms with Gasteiger partial charge in [-0.25, -0.2) is 4.98 Å². The predicted molar refractivity (Wildman–Crippen MR) is 103 cm³/mol. The van der Waals surface area contributed by atoms with E-state index in [0.717, 1.165) is 0 Å². The molecule has 0 saturated heterocycles. The van der Waals surface area contributed by atoms with Crippen LogP contribution in [0.1, 0.15) is 31.4 Å². The number of nitrogens with two attached hydrogens (primary N) is 3. The molecule has 1 heterocycles. The highest BCUT2D eigenvalue weighted by Crippen LogP contribution is 1.96. The van der Waals surface area contributed by atoms with Gasteiger partial charge in [-0.3, -0.25) is 24.0 Å². The summed E-state index contributed by atoms with van der Waals surface area (Å²) < 4.78 is 0. The Bertz CT molecular complexity index is 676. The van der Waals surface area contributed by atoms with Gasteiger partial charge in [-0.15, -0.1) is 0 Å². The van der Waals surface area contributed by atoms with Crippen LogP contribution in [0.3, 0.4) is 0 Å². The third kappa shape index (κ3) is 18.2. The van der Waals surface area contributed by atoms with Crippen molar-refractivity contribution >= 4 is 29.8 Å². The molecule has 15 nitrogen and oxygen atoms in total. The summed E-state index contributed by atoms with van der Waals surface area (Å²) in [7, 11) is 0. The van der Waals surface area contributed by atoms with Gasteiger partial charge in [0.15, 0.2) is 0 Å². The molecule has 1 aromatic rings. The van der Waals surface area contributed by atoms with Crippen LogP contribution >= 0.6 is 0 Å². The average Bonchev–Trinajstić information content (AvgIpc) is 3.17. The van der Waals surface area contributed by atoms with Crippen LogP contribution in [-0.4, -0.2) is 83.5 Å². The van der Waals surface area contributed by atoms with Gasteiger partial charge in [0.05, 0.1) is 12.0 Å². The lowest BCUT2D eigenvalue weighted by atomic mass is 10.2. The Kier molecular flexibility index (Phi) is 15.5. The molecule has 31 heavy (non-hydrogen) atoms. The zero-order chi connectivity index (χ0) is 24.6. The predicted octanol–water partition coefficient (Wildman–Crippen LogP) is -2.11. The molecule has 3 atom stereocenters. The minimum atomic E-state index is -1.17. The highest BCUT2D eigenvalue weighted by molar-refractivity contribution is 5.75. The fourth-order valence-corrected chi connectivity index (χ4v) is 1.52. The number of H-pyrrole nitrogens is 1. The summed E-state index contributed by atoms with van der Waals surface area (Å²) in [5.74, 6) is -5.40.